The fourth-order valence-corrected chi connectivity index (χ4v) is 4.02. The minimum Gasteiger partial charge on any atom is -0.350 e. The molecule has 1 atom stereocenters. The van der Waals surface area contributed by atoms with Gasteiger partial charge >= 0.3 is 5.69 Å². The Hall–Kier alpha value is -4.21. The average molecular weight is 505 g/mol. The monoisotopic (exact) mass is 504 g/mol. The van der Waals surface area contributed by atoms with Gasteiger partial charge in [0.2, 0.25) is 11.7 Å². The van der Waals surface area contributed by atoms with Crippen molar-refractivity contribution in [3.63, 3.8) is 0 Å². The number of rotatable bonds is 9. The topological polar surface area (TPSA) is 120 Å². The third-order valence-electron chi connectivity index (χ3n) is 6.31. The lowest BCUT2D eigenvalue weighted by Gasteiger charge is -2.13. The van der Waals surface area contributed by atoms with E-state index < -0.39 is 11.6 Å². The number of aryl methyl sites for hydroxylation is 1. The van der Waals surface area contributed by atoms with Gasteiger partial charge in [0.05, 0.1) is 10.9 Å². The second-order valence-corrected chi connectivity index (χ2v) is 9.64. The molecule has 194 valence electrons. The maximum absolute atomic E-state index is 13.5. The molecule has 0 unspecified atom stereocenters. The number of aromatic nitrogens is 4. The van der Waals surface area contributed by atoms with Crippen LogP contribution in [-0.2, 0) is 17.9 Å². The summed E-state index contributed by atoms with van der Waals surface area (Å²) >= 11 is 0. The smallest absolute Gasteiger partial charge is 0.350 e. The molecule has 2 heterocycles. The largest absolute Gasteiger partial charge is 0.352 e. The lowest BCUT2D eigenvalue weighted by molar-refractivity contribution is -0.117. The number of hydrogen-bond acceptors (Lipinski definition) is 5. The summed E-state index contributed by atoms with van der Waals surface area (Å²) in [5, 5.41) is 10.3. The van der Waals surface area contributed by atoms with Crippen molar-refractivity contribution in [1.82, 2.24) is 24.1 Å². The van der Waals surface area contributed by atoms with Crippen molar-refractivity contribution in [3.05, 3.63) is 74.9 Å². The number of amides is 2. The van der Waals surface area contributed by atoms with Crippen LogP contribution in [-0.4, -0.2) is 36.6 Å². The molecule has 10 nitrogen and oxygen atoms in total. The minimum atomic E-state index is -0.569. The zero-order valence-corrected chi connectivity index (χ0v) is 21.5. The Morgan fingerprint density at radius 2 is 1.76 bits per heavy atom. The molecule has 0 aliphatic heterocycles. The standard InChI is InChI=1S/C27H32N6O4/c1-5-18(4)28-24(35)19-11-12-21-22(15-19)33-26(31(25(21)36)14-13-17(2)3)30-32(27(33)37)16-23(34)29-20-9-7-6-8-10-20/h6-12,15,17-18H,5,13-14,16H2,1-4H3,(H,28,35)(H,29,34)/t18-/m0/s1. The summed E-state index contributed by atoms with van der Waals surface area (Å²) in [6.07, 6.45) is 1.47. The molecule has 0 bridgehead atoms. The van der Waals surface area contributed by atoms with Crippen LogP contribution >= 0.6 is 0 Å². The third-order valence-corrected chi connectivity index (χ3v) is 6.31. The van der Waals surface area contributed by atoms with E-state index >= 15 is 0 Å². The quantitative estimate of drug-likeness (QED) is 0.363. The van der Waals surface area contributed by atoms with Crippen LogP contribution in [0.4, 0.5) is 5.69 Å². The normalized spacial score (nSPS) is 12.2. The van der Waals surface area contributed by atoms with Crippen molar-refractivity contribution in [2.45, 2.75) is 59.7 Å². The van der Waals surface area contributed by atoms with Gasteiger partial charge in [-0.05, 0) is 56.0 Å². The first-order valence-corrected chi connectivity index (χ1v) is 12.5. The van der Waals surface area contributed by atoms with Crippen LogP contribution in [0.3, 0.4) is 0 Å². The van der Waals surface area contributed by atoms with Crippen LogP contribution in [0.2, 0.25) is 0 Å². The molecule has 10 heteroatoms. The number of benzene rings is 2. The maximum atomic E-state index is 13.5. The Balaban J connectivity index is 1.84. The molecule has 2 aromatic carbocycles. The van der Waals surface area contributed by atoms with Gasteiger partial charge in [-0.3, -0.25) is 19.0 Å². The van der Waals surface area contributed by atoms with E-state index in [4.69, 9.17) is 0 Å². The van der Waals surface area contributed by atoms with Crippen molar-refractivity contribution in [2.75, 3.05) is 5.32 Å². The summed E-state index contributed by atoms with van der Waals surface area (Å²) in [7, 11) is 0. The Kier molecular flexibility index (Phi) is 7.56. The fraction of sp³-hybridized carbons (Fsp3) is 0.370. The van der Waals surface area contributed by atoms with Gasteiger partial charge in [0.1, 0.15) is 6.54 Å². The van der Waals surface area contributed by atoms with Gasteiger partial charge in [-0.1, -0.05) is 39.0 Å². The lowest BCUT2D eigenvalue weighted by Crippen LogP contribution is -2.32. The van der Waals surface area contributed by atoms with Crippen LogP contribution in [0.25, 0.3) is 16.7 Å². The van der Waals surface area contributed by atoms with E-state index in [-0.39, 0.29) is 35.3 Å². The molecule has 4 aromatic rings. The highest BCUT2D eigenvalue weighted by Gasteiger charge is 2.20. The summed E-state index contributed by atoms with van der Waals surface area (Å²) in [6.45, 7) is 7.99. The van der Waals surface area contributed by atoms with Crippen LogP contribution in [0.5, 0.6) is 0 Å². The first-order valence-electron chi connectivity index (χ1n) is 12.5. The van der Waals surface area contributed by atoms with Gasteiger partial charge in [-0.15, -0.1) is 5.10 Å². The van der Waals surface area contributed by atoms with Crippen LogP contribution in [0.1, 0.15) is 50.9 Å². The van der Waals surface area contributed by atoms with Crippen LogP contribution in [0, 0.1) is 5.92 Å². The summed E-state index contributed by atoms with van der Waals surface area (Å²) in [5.74, 6) is -0.267. The molecule has 0 saturated carbocycles. The number of anilines is 1. The van der Waals surface area contributed by atoms with Crippen molar-refractivity contribution >= 4 is 34.2 Å². The van der Waals surface area contributed by atoms with Gasteiger partial charge in [0, 0.05) is 23.8 Å². The van der Waals surface area contributed by atoms with Crippen LogP contribution < -0.4 is 21.9 Å². The first kappa shape index (κ1) is 25.9. The summed E-state index contributed by atoms with van der Waals surface area (Å²) < 4.78 is 3.82. The molecule has 37 heavy (non-hydrogen) atoms. The molecular weight excluding hydrogens is 472 g/mol. The molecule has 2 N–H and O–H groups in total. The van der Waals surface area contributed by atoms with Crippen molar-refractivity contribution in [2.24, 2.45) is 5.92 Å². The molecule has 0 spiro atoms. The van der Waals surface area contributed by atoms with E-state index in [2.05, 4.69) is 15.7 Å². The lowest BCUT2D eigenvalue weighted by atomic mass is 10.1. The number of carbonyl (C=O) groups is 2. The average Bonchev–Trinajstić information content (AvgIpc) is 3.19. The van der Waals surface area contributed by atoms with Crippen LogP contribution in [0.15, 0.2) is 58.1 Å². The molecule has 0 radical (unpaired) electrons. The van der Waals surface area contributed by atoms with E-state index in [1.807, 2.05) is 33.8 Å². The predicted molar refractivity (Wildman–Crippen MR) is 143 cm³/mol. The second-order valence-electron chi connectivity index (χ2n) is 9.64. The van der Waals surface area contributed by atoms with Gasteiger partial charge in [0.25, 0.3) is 11.5 Å². The Morgan fingerprint density at radius 3 is 2.43 bits per heavy atom. The molecule has 0 fully saturated rings. The highest BCUT2D eigenvalue weighted by atomic mass is 16.2. The number of para-hydroxylation sites is 1. The van der Waals surface area contributed by atoms with E-state index in [0.717, 1.165) is 11.1 Å². The molecule has 2 aromatic heterocycles. The van der Waals surface area contributed by atoms with E-state index in [9.17, 15) is 19.2 Å². The summed E-state index contributed by atoms with van der Waals surface area (Å²) in [5.41, 5.74) is 0.330. The van der Waals surface area contributed by atoms with E-state index in [1.165, 1.54) is 15.0 Å². The highest BCUT2D eigenvalue weighted by Crippen LogP contribution is 2.16. The molecule has 4 rings (SSSR count). The Morgan fingerprint density at radius 1 is 1.03 bits per heavy atom. The zero-order valence-electron chi connectivity index (χ0n) is 21.5. The molecular formula is C27H32N6O4. The highest BCUT2D eigenvalue weighted by molar-refractivity contribution is 5.98. The third kappa shape index (κ3) is 5.47. The molecule has 0 aliphatic carbocycles. The first-order chi connectivity index (χ1) is 17.7. The Labute approximate surface area is 213 Å². The Bertz CT molecular complexity index is 1570. The molecule has 0 saturated heterocycles. The SMILES string of the molecule is CC[C@H](C)NC(=O)c1ccc2c(=O)n(CCC(C)C)c3nn(CC(=O)Nc4ccccc4)c(=O)n3c2c1. The number of nitrogens with one attached hydrogen (secondary N) is 2. The minimum absolute atomic E-state index is 0.0270. The van der Waals surface area contributed by atoms with Gasteiger partial charge in [-0.25, -0.2) is 13.9 Å². The summed E-state index contributed by atoms with van der Waals surface area (Å²) in [4.78, 5) is 52.4. The number of carbonyl (C=O) groups excluding carboxylic acids is 2. The van der Waals surface area contributed by atoms with Crippen molar-refractivity contribution in [1.29, 1.82) is 0 Å². The summed E-state index contributed by atoms with van der Waals surface area (Å²) in [6, 6.07) is 13.6. The fourth-order valence-electron chi connectivity index (χ4n) is 4.02. The molecule has 0 aliphatic rings. The van der Waals surface area contributed by atoms with Gasteiger partial charge in [-0.2, -0.15) is 0 Å². The number of nitrogens with zero attached hydrogens (tertiary/aromatic N) is 4. The van der Waals surface area contributed by atoms with E-state index in [1.54, 1.807) is 36.4 Å². The van der Waals surface area contributed by atoms with E-state index in [0.29, 0.717) is 35.5 Å². The van der Waals surface area contributed by atoms with Gasteiger partial charge < -0.3 is 10.6 Å². The van der Waals surface area contributed by atoms with Crippen molar-refractivity contribution < 1.29 is 9.59 Å². The maximum Gasteiger partial charge on any atom is 0.352 e. The molecule has 2 amide bonds. The number of fused-ring (bicyclic) bond motifs is 3. The number of hydrogen-bond donors (Lipinski definition) is 2. The zero-order chi connectivity index (χ0) is 26.7. The second kappa shape index (κ2) is 10.8. The predicted octanol–water partition coefficient (Wildman–Crippen LogP) is 3.02. The van der Waals surface area contributed by atoms with Gasteiger partial charge in [0.15, 0.2) is 0 Å². The van der Waals surface area contributed by atoms with Crippen molar-refractivity contribution in [3.8, 4) is 0 Å².